The fraction of sp³-hybridized carbons (Fsp3) is 0.842. The number of ether oxygens (including phenoxy) is 3. The van der Waals surface area contributed by atoms with Gasteiger partial charge in [-0.1, -0.05) is 0 Å². The van der Waals surface area contributed by atoms with E-state index >= 15 is 0 Å². The number of hydrogen-bond acceptors (Lipinski definition) is 7. The van der Waals surface area contributed by atoms with Gasteiger partial charge in [0, 0.05) is 52.9 Å². The third-order valence-corrected chi connectivity index (χ3v) is 5.53. The van der Waals surface area contributed by atoms with Crippen molar-refractivity contribution in [2.24, 2.45) is 0 Å². The third kappa shape index (κ3) is 6.72. The highest BCUT2D eigenvalue weighted by molar-refractivity contribution is 5.76. The number of methoxy groups -OCH3 is 1. The molecule has 0 aromatic rings. The number of likely N-dealkylation sites (tertiary alicyclic amines) is 1. The molecule has 0 aromatic heterocycles. The van der Waals surface area contributed by atoms with Crippen LogP contribution < -0.4 is 0 Å². The lowest BCUT2D eigenvalue weighted by molar-refractivity contribution is -0.142. The Morgan fingerprint density at radius 1 is 1.29 bits per heavy atom. The Bertz CT molecular complexity index is 520. The lowest BCUT2D eigenvalue weighted by atomic mass is 9.90. The summed E-state index contributed by atoms with van der Waals surface area (Å²) in [7, 11) is 1.69. The first-order chi connectivity index (χ1) is 13.5. The van der Waals surface area contributed by atoms with Crippen LogP contribution in [0.2, 0.25) is 0 Å². The summed E-state index contributed by atoms with van der Waals surface area (Å²) in [6.07, 6.45) is 4.59. The van der Waals surface area contributed by atoms with Gasteiger partial charge in [0.05, 0.1) is 18.6 Å². The zero-order valence-corrected chi connectivity index (χ0v) is 16.6. The fourth-order valence-electron chi connectivity index (χ4n) is 4.04. The van der Waals surface area contributed by atoms with Gasteiger partial charge in [0.2, 0.25) is 5.91 Å². The van der Waals surface area contributed by atoms with Crippen molar-refractivity contribution in [3.8, 4) is 0 Å². The minimum Gasteiger partial charge on any atom is -0.483 e. The molecule has 0 radical (unpaired) electrons. The zero-order valence-electron chi connectivity index (χ0n) is 16.6. The van der Waals surface area contributed by atoms with Crippen molar-refractivity contribution in [2.75, 3.05) is 53.0 Å². The van der Waals surface area contributed by atoms with Crippen LogP contribution in [0.1, 0.15) is 38.5 Å². The van der Waals surface area contributed by atoms with Crippen molar-refractivity contribution in [3.05, 3.63) is 0 Å². The van der Waals surface area contributed by atoms with Gasteiger partial charge in [0.25, 0.3) is 6.47 Å². The normalized spacial score (nSPS) is 25.0. The number of carbonyl (C=O) groups is 3. The Labute approximate surface area is 165 Å². The number of cyclic esters (lactones) is 1. The lowest BCUT2D eigenvalue weighted by Crippen LogP contribution is -2.53. The molecule has 1 atom stereocenters. The number of hydrogen-bond donors (Lipinski definition) is 1. The summed E-state index contributed by atoms with van der Waals surface area (Å²) in [5.41, 5.74) is -0.220. The molecule has 1 unspecified atom stereocenters. The molecule has 1 spiro atoms. The van der Waals surface area contributed by atoms with Gasteiger partial charge in [-0.2, -0.15) is 0 Å². The van der Waals surface area contributed by atoms with Gasteiger partial charge < -0.3 is 24.2 Å². The largest absolute Gasteiger partial charge is 0.483 e. The van der Waals surface area contributed by atoms with E-state index in [0.29, 0.717) is 32.6 Å². The predicted molar refractivity (Wildman–Crippen MR) is 99.9 cm³/mol. The standard InChI is InChI=1S/C18H30N2O5.CH2O2/c1-23-11-2-8-20-14-18(24-12-5-16(20)21)6-9-19(10-7-18)13-15-3-4-17(22)25-15;2-1-3/h15H,2-14H2,1H3;1H,(H,2,3). The fourth-order valence-corrected chi connectivity index (χ4v) is 4.04. The Morgan fingerprint density at radius 3 is 2.61 bits per heavy atom. The highest BCUT2D eigenvalue weighted by Gasteiger charge is 2.40. The van der Waals surface area contributed by atoms with Gasteiger partial charge >= 0.3 is 5.97 Å². The molecule has 3 heterocycles. The third-order valence-electron chi connectivity index (χ3n) is 5.53. The van der Waals surface area contributed by atoms with E-state index in [0.717, 1.165) is 51.9 Å². The van der Waals surface area contributed by atoms with Crippen LogP contribution in [0.25, 0.3) is 0 Å². The highest BCUT2D eigenvalue weighted by Crippen LogP contribution is 2.31. The summed E-state index contributed by atoms with van der Waals surface area (Å²) >= 11 is 0. The van der Waals surface area contributed by atoms with Crippen molar-refractivity contribution in [1.82, 2.24) is 9.80 Å². The van der Waals surface area contributed by atoms with E-state index in [-0.39, 0.29) is 30.1 Å². The summed E-state index contributed by atoms with van der Waals surface area (Å²) in [5, 5.41) is 6.89. The molecule has 0 saturated carbocycles. The number of esters is 1. The van der Waals surface area contributed by atoms with E-state index in [9.17, 15) is 9.59 Å². The Morgan fingerprint density at radius 2 is 2.00 bits per heavy atom. The van der Waals surface area contributed by atoms with Crippen LogP contribution in [0.4, 0.5) is 0 Å². The van der Waals surface area contributed by atoms with E-state index in [1.54, 1.807) is 7.11 Å². The summed E-state index contributed by atoms with van der Waals surface area (Å²) < 4.78 is 16.6. The first kappa shape index (κ1) is 22.6. The molecule has 0 aromatic carbocycles. The maximum atomic E-state index is 12.3. The Kier molecular flexibility index (Phi) is 9.14. The molecule has 3 rings (SSSR count). The summed E-state index contributed by atoms with van der Waals surface area (Å²) in [4.78, 5) is 36.2. The number of amides is 1. The first-order valence-electron chi connectivity index (χ1n) is 9.92. The van der Waals surface area contributed by atoms with Crippen molar-refractivity contribution < 1.29 is 33.7 Å². The summed E-state index contributed by atoms with van der Waals surface area (Å²) in [6, 6.07) is 0. The van der Waals surface area contributed by atoms with Crippen LogP contribution in [0.5, 0.6) is 0 Å². The van der Waals surface area contributed by atoms with Crippen LogP contribution >= 0.6 is 0 Å². The Hall–Kier alpha value is -1.71. The van der Waals surface area contributed by atoms with Crippen molar-refractivity contribution in [1.29, 1.82) is 0 Å². The van der Waals surface area contributed by atoms with Gasteiger partial charge in [-0.15, -0.1) is 0 Å². The second-order valence-corrected chi connectivity index (χ2v) is 7.50. The van der Waals surface area contributed by atoms with Crippen LogP contribution in [0.15, 0.2) is 0 Å². The lowest BCUT2D eigenvalue weighted by Gasteiger charge is -2.43. The van der Waals surface area contributed by atoms with Crippen LogP contribution in [0.3, 0.4) is 0 Å². The quantitative estimate of drug-likeness (QED) is 0.391. The predicted octanol–water partition coefficient (Wildman–Crippen LogP) is 0.513. The molecule has 3 aliphatic rings. The van der Waals surface area contributed by atoms with Crippen LogP contribution in [-0.2, 0) is 28.6 Å². The van der Waals surface area contributed by atoms with Crippen molar-refractivity contribution in [3.63, 3.8) is 0 Å². The smallest absolute Gasteiger partial charge is 0.306 e. The molecule has 1 N–H and O–H groups in total. The minimum atomic E-state index is -0.250. The second-order valence-electron chi connectivity index (χ2n) is 7.50. The summed E-state index contributed by atoms with van der Waals surface area (Å²) in [6.45, 7) is 5.02. The number of rotatable bonds is 6. The van der Waals surface area contributed by atoms with Crippen molar-refractivity contribution in [2.45, 2.75) is 50.2 Å². The van der Waals surface area contributed by atoms with E-state index in [2.05, 4.69) is 4.90 Å². The monoisotopic (exact) mass is 400 g/mol. The van der Waals surface area contributed by atoms with Crippen LogP contribution in [0, 0.1) is 0 Å². The van der Waals surface area contributed by atoms with Crippen LogP contribution in [-0.4, -0.2) is 98.0 Å². The van der Waals surface area contributed by atoms with E-state index in [1.807, 2.05) is 4.90 Å². The van der Waals surface area contributed by atoms with Crippen molar-refractivity contribution >= 4 is 18.3 Å². The van der Waals surface area contributed by atoms with Gasteiger partial charge in [0.15, 0.2) is 0 Å². The number of piperidine rings is 1. The van der Waals surface area contributed by atoms with Gasteiger partial charge in [-0.05, 0) is 25.7 Å². The number of carboxylic acid groups (broad SMARTS) is 1. The van der Waals surface area contributed by atoms with E-state index in [4.69, 9.17) is 24.1 Å². The topological polar surface area (TPSA) is 106 Å². The number of carbonyl (C=O) groups excluding carboxylic acids is 2. The molecular weight excluding hydrogens is 368 g/mol. The average Bonchev–Trinajstić information content (AvgIpc) is 3.01. The van der Waals surface area contributed by atoms with E-state index < -0.39 is 0 Å². The zero-order chi connectivity index (χ0) is 20.4. The molecule has 3 fully saturated rings. The first-order valence-corrected chi connectivity index (χ1v) is 9.92. The Balaban J connectivity index is 0.000000878. The molecule has 0 aliphatic carbocycles. The van der Waals surface area contributed by atoms with E-state index in [1.165, 1.54) is 0 Å². The molecule has 28 heavy (non-hydrogen) atoms. The average molecular weight is 400 g/mol. The molecule has 9 heteroatoms. The molecule has 1 amide bonds. The molecule has 3 aliphatic heterocycles. The molecule has 160 valence electrons. The number of nitrogens with zero attached hydrogens (tertiary/aromatic N) is 2. The van der Waals surface area contributed by atoms with Gasteiger partial charge in [0.1, 0.15) is 6.10 Å². The second kappa shape index (κ2) is 11.3. The van der Waals surface area contributed by atoms with Gasteiger partial charge in [-0.25, -0.2) is 0 Å². The molecular formula is C19H32N2O7. The minimum absolute atomic E-state index is 0.0451. The molecule has 3 saturated heterocycles. The molecule has 0 bridgehead atoms. The van der Waals surface area contributed by atoms with Gasteiger partial charge in [-0.3, -0.25) is 19.3 Å². The maximum absolute atomic E-state index is 12.3. The maximum Gasteiger partial charge on any atom is 0.306 e. The highest BCUT2D eigenvalue weighted by atomic mass is 16.5. The molecule has 9 nitrogen and oxygen atoms in total. The summed E-state index contributed by atoms with van der Waals surface area (Å²) in [5.74, 6) is 0.115. The SMILES string of the molecule is COCCCN1CC2(CCN(CC3CCC(=O)O3)CC2)OCCC1=O.O=CO.